The Kier molecular flexibility index (Phi) is 2.74. The van der Waals surface area contributed by atoms with Gasteiger partial charge < -0.3 is 4.74 Å². The highest BCUT2D eigenvalue weighted by molar-refractivity contribution is 9.12. The third-order valence-electron chi connectivity index (χ3n) is 1.85. The van der Waals surface area contributed by atoms with Crippen LogP contribution in [0.4, 0.5) is 0 Å². The Hall–Kier alpha value is 0.130. The first-order valence-corrected chi connectivity index (χ1v) is 6.56. The van der Waals surface area contributed by atoms with Crippen LogP contribution in [-0.2, 0) is 4.74 Å². The summed E-state index contributed by atoms with van der Waals surface area (Å²) in [5.41, 5.74) is 0.941. The van der Waals surface area contributed by atoms with Crippen LogP contribution in [0.25, 0.3) is 0 Å². The fourth-order valence-corrected chi connectivity index (χ4v) is 3.99. The zero-order valence-corrected chi connectivity index (χ0v) is 11.8. The summed E-state index contributed by atoms with van der Waals surface area (Å²) in [6.45, 7) is 4.78. The number of ether oxygens (including phenoxy) is 1. The zero-order valence-electron chi connectivity index (χ0n) is 7.80. The van der Waals surface area contributed by atoms with Gasteiger partial charge in [0, 0.05) is 0 Å². The summed E-state index contributed by atoms with van der Waals surface area (Å²) in [6.07, 6.45) is 0. The lowest BCUT2D eigenvalue weighted by atomic mass is 10.1. The van der Waals surface area contributed by atoms with E-state index in [9.17, 15) is 0 Å². The van der Waals surface area contributed by atoms with E-state index < -0.39 is 0 Å². The van der Waals surface area contributed by atoms with Gasteiger partial charge in [-0.2, -0.15) is 0 Å². The van der Waals surface area contributed by atoms with Crippen molar-refractivity contribution in [1.82, 2.24) is 0 Å². The Morgan fingerprint density at radius 2 is 2.21 bits per heavy atom. The summed E-state index contributed by atoms with van der Waals surface area (Å²) >= 11 is 8.56. The van der Waals surface area contributed by atoms with Crippen LogP contribution in [0.1, 0.15) is 19.4 Å². The molecule has 2 nitrogen and oxygen atoms in total. The monoisotopic (exact) mass is 337 g/mol. The molecule has 0 aliphatic carbocycles. The summed E-state index contributed by atoms with van der Waals surface area (Å²) in [6, 6.07) is 2.02. The average molecular weight is 339 g/mol. The van der Waals surface area contributed by atoms with Crippen molar-refractivity contribution in [2.24, 2.45) is 4.99 Å². The van der Waals surface area contributed by atoms with Crippen LogP contribution in [0.3, 0.4) is 0 Å². The normalized spacial score (nSPS) is 19.3. The number of nitrogens with zero attached hydrogens (tertiary/aromatic N) is 1. The minimum atomic E-state index is -0.0941. The van der Waals surface area contributed by atoms with Gasteiger partial charge in [-0.25, -0.2) is 4.99 Å². The molecule has 0 bridgehead atoms. The van der Waals surface area contributed by atoms with Crippen LogP contribution in [0, 0.1) is 0 Å². The number of aliphatic imine (C=N–C) groups is 1. The smallest absolute Gasteiger partial charge is 0.218 e. The molecule has 2 heterocycles. The first-order valence-electron chi connectivity index (χ1n) is 4.16. The number of hydrogen-bond acceptors (Lipinski definition) is 3. The first-order chi connectivity index (χ1) is 6.48. The molecular weight excluding hydrogens is 330 g/mol. The zero-order chi connectivity index (χ0) is 10.3. The maximum Gasteiger partial charge on any atom is 0.218 e. The van der Waals surface area contributed by atoms with E-state index in [1.54, 1.807) is 11.3 Å². The maximum atomic E-state index is 5.55. The van der Waals surface area contributed by atoms with Crippen LogP contribution in [0.2, 0.25) is 0 Å². The van der Waals surface area contributed by atoms with Gasteiger partial charge in [-0.1, -0.05) is 0 Å². The molecule has 0 aromatic carbocycles. The third-order valence-corrected chi connectivity index (χ3v) is 4.19. The summed E-state index contributed by atoms with van der Waals surface area (Å²) in [4.78, 5) is 4.52. The van der Waals surface area contributed by atoms with Crippen LogP contribution < -0.4 is 0 Å². The van der Waals surface area contributed by atoms with Crippen molar-refractivity contribution in [3.63, 3.8) is 0 Å². The van der Waals surface area contributed by atoms with Crippen molar-refractivity contribution in [3.8, 4) is 0 Å². The van der Waals surface area contributed by atoms with Crippen LogP contribution in [0.5, 0.6) is 0 Å². The van der Waals surface area contributed by atoms with Gasteiger partial charge in [0.2, 0.25) is 5.90 Å². The van der Waals surface area contributed by atoms with Gasteiger partial charge in [-0.05, 0) is 51.8 Å². The quantitative estimate of drug-likeness (QED) is 0.762. The molecule has 0 N–H and O–H groups in total. The number of hydrogen-bond donors (Lipinski definition) is 0. The van der Waals surface area contributed by atoms with Gasteiger partial charge in [0.05, 0.1) is 18.7 Å². The van der Waals surface area contributed by atoms with Crippen LogP contribution in [0.15, 0.2) is 18.6 Å². The summed E-state index contributed by atoms with van der Waals surface area (Å²) in [5.74, 6) is 0.740. The molecule has 0 unspecified atom stereocenters. The Labute approximate surface area is 104 Å². The molecule has 0 radical (unpaired) electrons. The minimum Gasteiger partial charge on any atom is -0.475 e. The topological polar surface area (TPSA) is 21.6 Å². The number of rotatable bonds is 1. The van der Waals surface area contributed by atoms with Crippen molar-refractivity contribution in [1.29, 1.82) is 0 Å². The summed E-state index contributed by atoms with van der Waals surface area (Å²) < 4.78 is 7.69. The molecule has 76 valence electrons. The maximum absolute atomic E-state index is 5.55. The highest BCUT2D eigenvalue weighted by atomic mass is 79.9. The minimum absolute atomic E-state index is 0.0941. The third kappa shape index (κ3) is 2.04. The highest BCUT2D eigenvalue weighted by Gasteiger charge is 2.28. The van der Waals surface area contributed by atoms with Gasteiger partial charge in [0.15, 0.2) is 0 Å². The average Bonchev–Trinajstić information content (AvgIpc) is 2.55. The molecule has 1 aromatic heterocycles. The van der Waals surface area contributed by atoms with E-state index in [4.69, 9.17) is 4.74 Å². The number of halogens is 2. The molecular formula is C9H9Br2NOS. The molecule has 0 amide bonds. The molecule has 0 atom stereocenters. The largest absolute Gasteiger partial charge is 0.475 e. The van der Waals surface area contributed by atoms with Gasteiger partial charge >= 0.3 is 0 Å². The van der Waals surface area contributed by atoms with Crippen LogP contribution >= 0.6 is 43.2 Å². The molecule has 0 spiro atoms. The Balaban J connectivity index is 2.38. The molecule has 0 fully saturated rings. The lowest BCUT2D eigenvalue weighted by Gasteiger charge is -2.07. The van der Waals surface area contributed by atoms with Gasteiger partial charge in [0.1, 0.15) is 6.61 Å². The predicted molar refractivity (Wildman–Crippen MR) is 66.3 cm³/mol. The molecule has 1 aromatic rings. The van der Waals surface area contributed by atoms with Crippen molar-refractivity contribution < 1.29 is 4.74 Å². The van der Waals surface area contributed by atoms with E-state index in [2.05, 4.69) is 50.7 Å². The van der Waals surface area contributed by atoms with E-state index in [-0.39, 0.29) is 5.54 Å². The molecule has 5 heteroatoms. The van der Waals surface area contributed by atoms with Gasteiger partial charge in [-0.15, -0.1) is 11.3 Å². The van der Waals surface area contributed by atoms with E-state index in [0.29, 0.717) is 6.61 Å². The Bertz CT molecular complexity index is 398. The fraction of sp³-hybridized carbons (Fsp3) is 0.444. The van der Waals surface area contributed by atoms with Crippen molar-refractivity contribution in [3.05, 3.63) is 19.2 Å². The first kappa shape index (κ1) is 10.6. The molecule has 1 aliphatic rings. The van der Waals surface area contributed by atoms with Crippen molar-refractivity contribution >= 4 is 49.1 Å². The second kappa shape index (κ2) is 3.61. The van der Waals surface area contributed by atoms with E-state index in [1.807, 2.05) is 6.07 Å². The SMILES string of the molecule is CC1(C)COC(c2cc(Br)sc2Br)=N1. The second-order valence-corrected chi connectivity index (χ2v) is 7.51. The predicted octanol–water partition coefficient (Wildman–Crippen LogP) is 3.83. The molecule has 1 aliphatic heterocycles. The van der Waals surface area contributed by atoms with Crippen LogP contribution in [-0.4, -0.2) is 18.0 Å². The van der Waals surface area contributed by atoms with Crippen molar-refractivity contribution in [2.75, 3.05) is 6.61 Å². The molecule has 14 heavy (non-hydrogen) atoms. The Morgan fingerprint density at radius 1 is 1.50 bits per heavy atom. The standard InChI is InChI=1S/C9H9Br2NOS/c1-9(2)4-13-8(12-9)5-3-6(10)14-7(5)11/h3H,4H2,1-2H3. The van der Waals surface area contributed by atoms with Gasteiger partial charge in [-0.3, -0.25) is 0 Å². The lowest BCUT2D eigenvalue weighted by Crippen LogP contribution is -2.17. The molecule has 0 saturated heterocycles. The van der Waals surface area contributed by atoms with E-state index in [0.717, 1.165) is 19.0 Å². The molecule has 2 rings (SSSR count). The molecule has 0 saturated carbocycles. The van der Waals surface area contributed by atoms with Crippen molar-refractivity contribution in [2.45, 2.75) is 19.4 Å². The van der Waals surface area contributed by atoms with E-state index >= 15 is 0 Å². The number of thiophene rings is 1. The fourth-order valence-electron chi connectivity index (χ4n) is 1.21. The van der Waals surface area contributed by atoms with Gasteiger partial charge in [0.25, 0.3) is 0 Å². The van der Waals surface area contributed by atoms with E-state index in [1.165, 1.54) is 0 Å². The Morgan fingerprint density at radius 3 is 2.64 bits per heavy atom. The second-order valence-electron chi connectivity index (χ2n) is 3.76. The lowest BCUT2D eigenvalue weighted by molar-refractivity contribution is 0.279. The highest BCUT2D eigenvalue weighted by Crippen LogP contribution is 2.34. The summed E-state index contributed by atoms with van der Waals surface area (Å²) in [5, 5.41) is 0. The summed E-state index contributed by atoms with van der Waals surface area (Å²) in [7, 11) is 0.